The summed E-state index contributed by atoms with van der Waals surface area (Å²) < 4.78 is 76.1. The average Bonchev–Trinajstić information content (AvgIpc) is 3.69. The summed E-state index contributed by atoms with van der Waals surface area (Å²) in [4.78, 5) is 10.5. The summed E-state index contributed by atoms with van der Waals surface area (Å²) in [5.74, 6) is 1.05. The largest absolute Gasteiger partial charge is 0.507 e. The van der Waals surface area contributed by atoms with Gasteiger partial charge in [-0.15, -0.1) is 0 Å². The Hall–Kier alpha value is -6.26. The molecule has 0 saturated carbocycles. The summed E-state index contributed by atoms with van der Waals surface area (Å²) in [6, 6.07) is 43.4. The molecule has 0 amide bonds. The number of nitrogens with zero attached hydrogens (tertiary/aromatic N) is 3. The Kier molecular flexibility index (Phi) is 8.92. The number of fused-ring (bicyclic) bond motifs is 1. The van der Waals surface area contributed by atoms with E-state index < -0.39 is 26.0 Å². The van der Waals surface area contributed by atoms with Crippen LogP contribution in [0.4, 0.5) is 0 Å². The molecule has 8 aromatic rings. The summed E-state index contributed by atoms with van der Waals surface area (Å²) in [5, 5.41) is 12.3. The van der Waals surface area contributed by atoms with Crippen molar-refractivity contribution in [1.29, 1.82) is 0 Å². The van der Waals surface area contributed by atoms with Gasteiger partial charge >= 0.3 is 0 Å². The van der Waals surface area contributed by atoms with E-state index in [9.17, 15) is 5.11 Å². The number of para-hydroxylation sites is 1. The lowest BCUT2D eigenvalue weighted by atomic mass is 9.83. The Morgan fingerprint density at radius 1 is 0.531 bits per heavy atom. The first kappa shape index (κ1) is 34.2. The van der Waals surface area contributed by atoms with E-state index >= 15 is 0 Å². The van der Waals surface area contributed by atoms with Gasteiger partial charge in [0.25, 0.3) is 0 Å². The van der Waals surface area contributed by atoms with Crippen LogP contribution >= 0.6 is 0 Å². The Morgan fingerprint density at radius 2 is 1.22 bits per heavy atom. The van der Waals surface area contributed by atoms with Crippen LogP contribution < -0.4 is 0 Å². The number of phenols is 1. The van der Waals surface area contributed by atoms with Gasteiger partial charge in [0.1, 0.15) is 11.6 Å². The number of hydrogen-bond donors (Lipinski definition) is 1. The SMILES string of the molecule is [2H]C([2H])([2H])C(c1ccc(-c2ccnc(-c3cc(-c4cccc5c4nc(-c4cc(C(C)C)cc(C(C)C)c4O)n5-c4ccc(C(C)(C)C)cc4-c4ccccc4)cc(C(C)(C)C)c3)c2)cc1)(C([2H])([2H])[2H])C([2H])([2H])[2H]. The highest BCUT2D eigenvalue weighted by Crippen LogP contribution is 2.45. The molecular formula is C60H65N3O. The number of benzene rings is 6. The summed E-state index contributed by atoms with van der Waals surface area (Å²) in [7, 11) is 0. The fourth-order valence-electron chi connectivity index (χ4n) is 8.47. The van der Waals surface area contributed by atoms with Crippen LogP contribution in [0.15, 0.2) is 140 Å². The van der Waals surface area contributed by atoms with Crippen molar-refractivity contribution in [2.24, 2.45) is 0 Å². The fraction of sp³-hybridized carbons (Fsp3) is 0.300. The number of hydrogen-bond acceptors (Lipinski definition) is 3. The highest BCUT2D eigenvalue weighted by Gasteiger charge is 2.27. The second-order valence-electron chi connectivity index (χ2n) is 19.9. The Bertz CT molecular complexity index is 3300. The first-order chi connectivity index (χ1) is 33.9. The monoisotopic (exact) mass is 853 g/mol. The third-order valence-electron chi connectivity index (χ3n) is 12.4. The quantitative estimate of drug-likeness (QED) is 0.166. The van der Waals surface area contributed by atoms with E-state index in [4.69, 9.17) is 22.3 Å². The van der Waals surface area contributed by atoms with E-state index in [2.05, 4.69) is 165 Å². The number of imidazole rings is 1. The van der Waals surface area contributed by atoms with E-state index in [-0.39, 0.29) is 34.0 Å². The van der Waals surface area contributed by atoms with Gasteiger partial charge in [-0.25, -0.2) is 4.98 Å². The lowest BCUT2D eigenvalue weighted by Gasteiger charge is -2.23. The lowest BCUT2D eigenvalue weighted by molar-refractivity contribution is 0.466. The highest BCUT2D eigenvalue weighted by atomic mass is 16.3. The minimum Gasteiger partial charge on any atom is -0.507 e. The Balaban J connectivity index is 1.36. The molecule has 0 spiro atoms. The van der Waals surface area contributed by atoms with E-state index in [0.29, 0.717) is 28.2 Å². The molecule has 326 valence electrons. The molecule has 0 atom stereocenters. The van der Waals surface area contributed by atoms with Gasteiger partial charge in [-0.2, -0.15) is 0 Å². The van der Waals surface area contributed by atoms with Crippen LogP contribution in [-0.4, -0.2) is 19.6 Å². The lowest BCUT2D eigenvalue weighted by Crippen LogP contribution is -2.12. The van der Waals surface area contributed by atoms with Gasteiger partial charge in [-0.3, -0.25) is 9.55 Å². The van der Waals surface area contributed by atoms with Gasteiger partial charge in [0.05, 0.1) is 28.0 Å². The average molecular weight is 853 g/mol. The zero-order valence-electron chi connectivity index (χ0n) is 47.7. The predicted molar refractivity (Wildman–Crippen MR) is 272 cm³/mol. The van der Waals surface area contributed by atoms with Crippen LogP contribution in [0.3, 0.4) is 0 Å². The summed E-state index contributed by atoms with van der Waals surface area (Å²) in [6.45, 7) is 11.6. The van der Waals surface area contributed by atoms with Crippen molar-refractivity contribution in [3.05, 3.63) is 167 Å². The smallest absolute Gasteiger partial charge is 0.149 e. The van der Waals surface area contributed by atoms with Crippen molar-refractivity contribution in [2.45, 2.75) is 118 Å². The molecule has 64 heavy (non-hydrogen) atoms. The molecule has 4 nitrogen and oxygen atoms in total. The van der Waals surface area contributed by atoms with Gasteiger partial charge in [0.2, 0.25) is 0 Å². The Labute approximate surface area is 394 Å². The maximum absolute atomic E-state index is 12.3. The molecule has 1 N–H and O–H groups in total. The van der Waals surface area contributed by atoms with Gasteiger partial charge < -0.3 is 5.11 Å². The number of phenolic OH excluding ortho intramolecular Hbond substituents is 1. The first-order valence-corrected chi connectivity index (χ1v) is 22.3. The van der Waals surface area contributed by atoms with E-state index in [1.54, 1.807) is 24.4 Å². The van der Waals surface area contributed by atoms with Gasteiger partial charge in [0.15, 0.2) is 0 Å². The van der Waals surface area contributed by atoms with E-state index in [0.717, 1.165) is 61.2 Å². The van der Waals surface area contributed by atoms with Crippen molar-refractivity contribution >= 4 is 11.0 Å². The molecule has 2 aromatic heterocycles. The predicted octanol–water partition coefficient (Wildman–Crippen LogP) is 16.6. The normalized spacial score (nSPS) is 15.2. The third-order valence-corrected chi connectivity index (χ3v) is 12.4. The molecular weight excluding hydrogens is 779 g/mol. The van der Waals surface area contributed by atoms with Crippen molar-refractivity contribution in [3.8, 4) is 67.5 Å². The summed E-state index contributed by atoms with van der Waals surface area (Å²) >= 11 is 0. The minimum absolute atomic E-state index is 0.0468. The number of aromatic nitrogens is 3. The number of pyridine rings is 1. The standard InChI is InChI=1S/C60H65N3O/c1-37(2)42-33-49(38(3)4)56(64)51(34-42)57-62-55-48(20-17-21-54(55)63(57)53-27-26-46(59(8,9)10)36-50(53)40-18-15-14-16-19-40)43-30-44(32-47(31-43)60(11,12)13)52-35-41(28-29-61-52)39-22-24-45(25-23-39)58(5,6)7/h14-38,64H,1-13H3/i5D3,6D3,7D3. The zero-order valence-corrected chi connectivity index (χ0v) is 38.7. The van der Waals surface area contributed by atoms with Crippen LogP contribution in [-0.2, 0) is 16.2 Å². The highest BCUT2D eigenvalue weighted by molar-refractivity contribution is 5.98. The van der Waals surface area contributed by atoms with Crippen LogP contribution in [0.25, 0.3) is 72.7 Å². The molecule has 8 rings (SSSR count). The van der Waals surface area contributed by atoms with Crippen molar-refractivity contribution in [1.82, 2.24) is 14.5 Å². The molecule has 0 unspecified atom stereocenters. The topological polar surface area (TPSA) is 50.9 Å². The number of rotatable bonds is 8. The Morgan fingerprint density at radius 3 is 1.88 bits per heavy atom. The van der Waals surface area contributed by atoms with Crippen molar-refractivity contribution < 1.29 is 17.4 Å². The van der Waals surface area contributed by atoms with Gasteiger partial charge in [-0.1, -0.05) is 175 Å². The van der Waals surface area contributed by atoms with Crippen LogP contribution in [0, 0.1) is 0 Å². The fourth-order valence-corrected chi connectivity index (χ4v) is 8.47. The maximum atomic E-state index is 12.3. The molecule has 0 aliphatic rings. The van der Waals surface area contributed by atoms with Crippen LogP contribution in [0.1, 0.15) is 142 Å². The van der Waals surface area contributed by atoms with E-state index in [1.807, 2.05) is 12.1 Å². The second kappa shape index (κ2) is 16.7. The minimum atomic E-state index is -3.37. The second-order valence-corrected chi connectivity index (χ2v) is 19.9. The third kappa shape index (κ3) is 8.68. The number of aromatic hydroxyl groups is 1. The molecule has 0 radical (unpaired) electrons. The molecule has 4 heteroatoms. The molecule has 0 aliphatic carbocycles. The molecule has 0 fully saturated rings. The van der Waals surface area contributed by atoms with E-state index in [1.165, 1.54) is 17.7 Å². The molecule has 2 heterocycles. The molecule has 6 aromatic carbocycles. The van der Waals surface area contributed by atoms with Gasteiger partial charge in [-0.05, 0) is 127 Å². The first-order valence-electron chi connectivity index (χ1n) is 26.8. The summed E-state index contributed by atoms with van der Waals surface area (Å²) in [6.07, 6.45) is 1.69. The van der Waals surface area contributed by atoms with Crippen LogP contribution in [0.2, 0.25) is 0 Å². The summed E-state index contributed by atoms with van der Waals surface area (Å²) in [5.41, 5.74) is 10.2. The molecule has 0 bridgehead atoms. The van der Waals surface area contributed by atoms with Gasteiger partial charge in [0, 0.05) is 35.2 Å². The molecule has 0 saturated heterocycles. The van der Waals surface area contributed by atoms with Crippen LogP contribution in [0.5, 0.6) is 5.75 Å². The zero-order chi connectivity index (χ0) is 53.4. The maximum Gasteiger partial charge on any atom is 0.149 e. The van der Waals surface area contributed by atoms with Crippen molar-refractivity contribution in [2.75, 3.05) is 0 Å². The van der Waals surface area contributed by atoms with Crippen molar-refractivity contribution in [3.63, 3.8) is 0 Å². The molecule has 0 aliphatic heterocycles.